The fourth-order valence-corrected chi connectivity index (χ4v) is 1.97. The fraction of sp³-hybridized carbons (Fsp3) is 0.833. The summed E-state index contributed by atoms with van der Waals surface area (Å²) in [7, 11) is 0. The van der Waals surface area contributed by atoms with Gasteiger partial charge in [0.05, 0.1) is 0 Å². The number of primary amides is 1. The predicted octanol–water partition coefficient (Wildman–Crippen LogP) is 1.51. The van der Waals surface area contributed by atoms with Crippen molar-refractivity contribution >= 4 is 12.0 Å². The first-order valence-corrected chi connectivity index (χ1v) is 5.99. The number of amides is 2. The van der Waals surface area contributed by atoms with Crippen LogP contribution in [0.5, 0.6) is 0 Å². The molecule has 2 amide bonds. The maximum absolute atomic E-state index is 12.0. The molecule has 1 rings (SSSR count). The second kappa shape index (κ2) is 4.94. The lowest BCUT2D eigenvalue weighted by Gasteiger charge is -2.37. The van der Waals surface area contributed by atoms with Crippen molar-refractivity contribution in [3.63, 3.8) is 0 Å². The summed E-state index contributed by atoms with van der Waals surface area (Å²) in [5.41, 5.74) is 4.76. The number of likely N-dealkylation sites (tertiary alicyclic amines) is 1. The molecule has 0 aromatic heterocycles. The van der Waals surface area contributed by atoms with Crippen molar-refractivity contribution in [2.45, 2.75) is 52.2 Å². The van der Waals surface area contributed by atoms with Gasteiger partial charge in [-0.05, 0) is 39.5 Å². The Morgan fingerprint density at radius 1 is 1.29 bits per heavy atom. The molecule has 0 radical (unpaired) electrons. The van der Waals surface area contributed by atoms with Gasteiger partial charge in [0.2, 0.25) is 5.91 Å². The van der Waals surface area contributed by atoms with E-state index in [9.17, 15) is 9.59 Å². The molecule has 0 aromatic rings. The zero-order chi connectivity index (χ0) is 13.2. The maximum atomic E-state index is 12.0. The van der Waals surface area contributed by atoms with E-state index in [1.165, 1.54) is 4.90 Å². The predicted molar refractivity (Wildman–Crippen MR) is 64.3 cm³/mol. The van der Waals surface area contributed by atoms with Gasteiger partial charge in [-0.25, -0.2) is 4.79 Å². The van der Waals surface area contributed by atoms with Crippen LogP contribution in [0.4, 0.5) is 4.79 Å². The molecule has 2 unspecified atom stereocenters. The second-order valence-electron chi connectivity index (χ2n) is 5.73. The molecule has 0 spiro atoms. The van der Waals surface area contributed by atoms with E-state index in [2.05, 4.69) is 6.92 Å². The van der Waals surface area contributed by atoms with Crippen molar-refractivity contribution in [1.82, 2.24) is 4.90 Å². The second-order valence-corrected chi connectivity index (χ2v) is 5.73. The van der Waals surface area contributed by atoms with Gasteiger partial charge < -0.3 is 10.5 Å². The van der Waals surface area contributed by atoms with Crippen molar-refractivity contribution in [2.24, 2.45) is 11.7 Å². The van der Waals surface area contributed by atoms with Crippen molar-refractivity contribution in [2.75, 3.05) is 6.54 Å². The van der Waals surface area contributed by atoms with Gasteiger partial charge in [-0.1, -0.05) is 6.92 Å². The Balaban J connectivity index is 2.75. The third kappa shape index (κ3) is 3.91. The van der Waals surface area contributed by atoms with E-state index in [0.29, 0.717) is 18.9 Å². The van der Waals surface area contributed by atoms with Crippen LogP contribution in [0.3, 0.4) is 0 Å². The van der Waals surface area contributed by atoms with Crippen LogP contribution in [0.2, 0.25) is 0 Å². The summed E-state index contributed by atoms with van der Waals surface area (Å²) in [6, 6.07) is -0.527. The Kier molecular flexibility index (Phi) is 4.01. The summed E-state index contributed by atoms with van der Waals surface area (Å²) >= 11 is 0. The number of piperidine rings is 1. The zero-order valence-corrected chi connectivity index (χ0v) is 11.0. The summed E-state index contributed by atoms with van der Waals surface area (Å²) in [6.45, 7) is 7.99. The highest BCUT2D eigenvalue weighted by Crippen LogP contribution is 2.23. The van der Waals surface area contributed by atoms with E-state index >= 15 is 0 Å². The fourth-order valence-electron chi connectivity index (χ4n) is 1.97. The minimum Gasteiger partial charge on any atom is -0.444 e. The van der Waals surface area contributed by atoms with Gasteiger partial charge in [-0.3, -0.25) is 9.69 Å². The molecule has 1 saturated heterocycles. The molecule has 1 heterocycles. The van der Waals surface area contributed by atoms with Crippen LogP contribution in [0.1, 0.15) is 40.5 Å². The minimum atomic E-state index is -0.556. The molecule has 5 heteroatoms. The summed E-state index contributed by atoms with van der Waals surface area (Å²) < 4.78 is 5.29. The SMILES string of the molecule is CC1CCC(C(N)=O)N(C(=O)OC(C)(C)C)C1. The monoisotopic (exact) mass is 242 g/mol. The number of carbonyl (C=O) groups is 2. The Morgan fingerprint density at radius 2 is 1.88 bits per heavy atom. The molecule has 17 heavy (non-hydrogen) atoms. The molecule has 2 atom stereocenters. The normalized spacial score (nSPS) is 25.5. The lowest BCUT2D eigenvalue weighted by Crippen LogP contribution is -2.53. The number of hydrogen-bond acceptors (Lipinski definition) is 3. The van der Waals surface area contributed by atoms with Crippen molar-refractivity contribution in [3.05, 3.63) is 0 Å². The number of carbonyl (C=O) groups excluding carboxylic acids is 2. The van der Waals surface area contributed by atoms with Crippen molar-refractivity contribution < 1.29 is 14.3 Å². The Labute approximate surface area is 102 Å². The van der Waals surface area contributed by atoms with E-state index in [4.69, 9.17) is 10.5 Å². The average Bonchev–Trinajstić information content (AvgIpc) is 2.14. The minimum absolute atomic E-state index is 0.373. The quantitative estimate of drug-likeness (QED) is 0.757. The van der Waals surface area contributed by atoms with Gasteiger partial charge >= 0.3 is 6.09 Å². The molecule has 1 aliphatic rings. The largest absolute Gasteiger partial charge is 0.444 e. The molecule has 0 aromatic carbocycles. The van der Waals surface area contributed by atoms with E-state index in [0.717, 1.165) is 6.42 Å². The molecule has 1 aliphatic heterocycles. The first-order valence-electron chi connectivity index (χ1n) is 5.99. The van der Waals surface area contributed by atoms with E-state index in [1.54, 1.807) is 20.8 Å². The summed E-state index contributed by atoms with van der Waals surface area (Å²) in [5, 5.41) is 0. The number of nitrogens with two attached hydrogens (primary N) is 1. The number of hydrogen-bond donors (Lipinski definition) is 1. The summed E-state index contributed by atoms with van der Waals surface area (Å²) in [6.07, 6.45) is 1.08. The van der Waals surface area contributed by atoms with E-state index < -0.39 is 23.6 Å². The highest BCUT2D eigenvalue weighted by atomic mass is 16.6. The zero-order valence-electron chi connectivity index (χ0n) is 11.0. The van der Waals surface area contributed by atoms with E-state index in [-0.39, 0.29) is 0 Å². The van der Waals surface area contributed by atoms with Crippen LogP contribution in [-0.4, -0.2) is 35.1 Å². The first kappa shape index (κ1) is 13.8. The van der Waals surface area contributed by atoms with Crippen molar-refractivity contribution in [3.8, 4) is 0 Å². The molecule has 5 nitrogen and oxygen atoms in total. The highest BCUT2D eigenvalue weighted by molar-refractivity contribution is 5.84. The smallest absolute Gasteiger partial charge is 0.410 e. The lowest BCUT2D eigenvalue weighted by molar-refractivity contribution is -0.124. The van der Waals surface area contributed by atoms with Crippen LogP contribution in [-0.2, 0) is 9.53 Å². The lowest BCUT2D eigenvalue weighted by atomic mass is 9.94. The highest BCUT2D eigenvalue weighted by Gasteiger charge is 2.35. The van der Waals surface area contributed by atoms with Crippen LogP contribution in [0, 0.1) is 5.92 Å². The molecular weight excluding hydrogens is 220 g/mol. The molecule has 0 aliphatic carbocycles. The standard InChI is InChI=1S/C12H22N2O3/c1-8-5-6-9(10(13)15)14(7-8)11(16)17-12(2,3)4/h8-9H,5-7H2,1-4H3,(H2,13,15). The third-order valence-corrected chi connectivity index (χ3v) is 2.77. The van der Waals surface area contributed by atoms with Gasteiger partial charge in [0.1, 0.15) is 11.6 Å². The van der Waals surface area contributed by atoms with Gasteiger partial charge in [-0.15, -0.1) is 0 Å². The first-order chi connectivity index (χ1) is 7.70. The third-order valence-electron chi connectivity index (χ3n) is 2.77. The van der Waals surface area contributed by atoms with Crippen LogP contribution in [0.25, 0.3) is 0 Å². The van der Waals surface area contributed by atoms with Crippen LogP contribution in [0.15, 0.2) is 0 Å². The summed E-state index contributed by atoms with van der Waals surface area (Å²) in [5.74, 6) is -0.0825. The Morgan fingerprint density at radius 3 is 2.35 bits per heavy atom. The topological polar surface area (TPSA) is 72.6 Å². The van der Waals surface area contributed by atoms with Crippen molar-refractivity contribution in [1.29, 1.82) is 0 Å². The van der Waals surface area contributed by atoms with Gasteiger partial charge in [-0.2, -0.15) is 0 Å². The molecule has 98 valence electrons. The van der Waals surface area contributed by atoms with Crippen LogP contribution >= 0.6 is 0 Å². The van der Waals surface area contributed by atoms with Crippen LogP contribution < -0.4 is 5.73 Å². The van der Waals surface area contributed by atoms with Gasteiger partial charge in [0, 0.05) is 6.54 Å². The molecule has 0 saturated carbocycles. The van der Waals surface area contributed by atoms with Gasteiger partial charge in [0.25, 0.3) is 0 Å². The molecule has 2 N–H and O–H groups in total. The molecule has 0 bridgehead atoms. The maximum Gasteiger partial charge on any atom is 0.410 e. The Hall–Kier alpha value is -1.26. The number of ether oxygens (including phenoxy) is 1. The Bertz CT molecular complexity index is 309. The number of rotatable bonds is 1. The van der Waals surface area contributed by atoms with E-state index in [1.807, 2.05) is 0 Å². The molecule has 1 fully saturated rings. The molecular formula is C12H22N2O3. The average molecular weight is 242 g/mol. The number of nitrogens with zero attached hydrogens (tertiary/aromatic N) is 1. The summed E-state index contributed by atoms with van der Waals surface area (Å²) in [4.78, 5) is 24.7. The van der Waals surface area contributed by atoms with Gasteiger partial charge in [0.15, 0.2) is 0 Å².